The van der Waals surface area contributed by atoms with Gasteiger partial charge in [-0.05, 0) is 12.0 Å². The number of nitrogens with zero attached hydrogens (tertiary/aromatic N) is 3. The lowest BCUT2D eigenvalue weighted by atomic mass is 10.2. The summed E-state index contributed by atoms with van der Waals surface area (Å²) in [7, 11) is 1.66. The first kappa shape index (κ1) is 17.5. The Hall–Kier alpha value is -1.86. The predicted octanol–water partition coefficient (Wildman–Crippen LogP) is 2.11. The predicted molar refractivity (Wildman–Crippen MR) is 90.1 cm³/mol. The lowest BCUT2D eigenvalue weighted by Gasteiger charge is -2.14. The highest BCUT2D eigenvalue weighted by molar-refractivity contribution is 8.00. The van der Waals surface area contributed by atoms with E-state index in [4.69, 9.17) is 4.74 Å². The summed E-state index contributed by atoms with van der Waals surface area (Å²) in [6.07, 6.45) is 2.39. The van der Waals surface area contributed by atoms with E-state index in [-0.39, 0.29) is 11.2 Å². The molecule has 7 heteroatoms. The van der Waals surface area contributed by atoms with Gasteiger partial charge in [-0.2, -0.15) is 0 Å². The molecule has 1 amide bonds. The number of carbonyl (C=O) groups excluding carboxylic acids is 1. The Morgan fingerprint density at radius 2 is 2.17 bits per heavy atom. The molecule has 1 N–H and O–H groups in total. The number of nitrogens with one attached hydrogen (secondary N) is 1. The van der Waals surface area contributed by atoms with Gasteiger partial charge in [0.25, 0.3) is 0 Å². The molecule has 23 heavy (non-hydrogen) atoms. The van der Waals surface area contributed by atoms with Crippen LogP contribution in [-0.2, 0) is 22.6 Å². The Morgan fingerprint density at radius 3 is 2.87 bits per heavy atom. The first-order valence-electron chi connectivity index (χ1n) is 7.59. The van der Waals surface area contributed by atoms with Crippen molar-refractivity contribution in [2.24, 2.45) is 0 Å². The second-order valence-corrected chi connectivity index (χ2v) is 6.19. The molecule has 1 unspecified atom stereocenters. The van der Waals surface area contributed by atoms with Crippen LogP contribution in [0.15, 0.2) is 41.8 Å². The maximum absolute atomic E-state index is 12.4. The van der Waals surface area contributed by atoms with E-state index in [0.29, 0.717) is 19.7 Å². The third-order valence-electron chi connectivity index (χ3n) is 3.34. The van der Waals surface area contributed by atoms with Gasteiger partial charge in [-0.15, -0.1) is 10.2 Å². The number of carbonyl (C=O) groups is 1. The molecular weight excluding hydrogens is 312 g/mol. The average Bonchev–Trinajstić information content (AvgIpc) is 3.03. The average molecular weight is 334 g/mol. The molecule has 0 saturated carbocycles. The molecule has 2 aromatic rings. The molecule has 0 fully saturated rings. The normalized spacial score (nSPS) is 12.1. The number of hydrogen-bond acceptors (Lipinski definition) is 5. The van der Waals surface area contributed by atoms with Crippen molar-refractivity contribution >= 4 is 17.7 Å². The quantitative estimate of drug-likeness (QED) is 0.711. The minimum absolute atomic E-state index is 0.0163. The van der Waals surface area contributed by atoms with Gasteiger partial charge in [-0.3, -0.25) is 4.79 Å². The maximum Gasteiger partial charge on any atom is 0.233 e. The highest BCUT2D eigenvalue weighted by Crippen LogP contribution is 2.23. The molecule has 0 spiro atoms. The summed E-state index contributed by atoms with van der Waals surface area (Å²) in [6.45, 7) is 3.79. The lowest BCUT2D eigenvalue weighted by molar-refractivity contribution is -0.120. The fraction of sp³-hybridized carbons (Fsp3) is 0.438. The minimum atomic E-state index is -0.191. The summed E-state index contributed by atoms with van der Waals surface area (Å²) in [4.78, 5) is 12.4. The van der Waals surface area contributed by atoms with E-state index < -0.39 is 0 Å². The van der Waals surface area contributed by atoms with Crippen LogP contribution in [0.25, 0.3) is 0 Å². The second kappa shape index (κ2) is 9.32. The maximum atomic E-state index is 12.4. The molecular formula is C16H22N4O2S. The Balaban J connectivity index is 1.91. The smallest absolute Gasteiger partial charge is 0.233 e. The summed E-state index contributed by atoms with van der Waals surface area (Å²) >= 11 is 1.44. The largest absolute Gasteiger partial charge is 0.383 e. The lowest BCUT2D eigenvalue weighted by Crippen LogP contribution is -2.32. The molecule has 1 aromatic heterocycles. The van der Waals surface area contributed by atoms with Gasteiger partial charge in [0.2, 0.25) is 5.91 Å². The Bertz CT molecular complexity index is 603. The van der Waals surface area contributed by atoms with Crippen molar-refractivity contribution in [1.82, 2.24) is 20.1 Å². The van der Waals surface area contributed by atoms with Crippen molar-refractivity contribution in [1.29, 1.82) is 0 Å². The van der Waals surface area contributed by atoms with Crippen molar-refractivity contribution in [2.75, 3.05) is 13.7 Å². The van der Waals surface area contributed by atoms with Gasteiger partial charge in [0.1, 0.15) is 6.33 Å². The van der Waals surface area contributed by atoms with Crippen molar-refractivity contribution < 1.29 is 9.53 Å². The van der Waals surface area contributed by atoms with E-state index in [9.17, 15) is 4.79 Å². The van der Waals surface area contributed by atoms with Crippen molar-refractivity contribution in [3.63, 3.8) is 0 Å². The van der Waals surface area contributed by atoms with Crippen LogP contribution in [0.1, 0.15) is 18.9 Å². The highest BCUT2D eigenvalue weighted by Gasteiger charge is 2.20. The van der Waals surface area contributed by atoms with Crippen LogP contribution in [0.4, 0.5) is 0 Å². The first-order chi connectivity index (χ1) is 11.2. The van der Waals surface area contributed by atoms with Crippen LogP contribution in [0.5, 0.6) is 0 Å². The molecule has 0 aliphatic rings. The Labute approximate surface area is 140 Å². The number of amides is 1. The van der Waals surface area contributed by atoms with Crippen LogP contribution in [-0.4, -0.2) is 39.6 Å². The fourth-order valence-corrected chi connectivity index (χ4v) is 3.01. The standard InChI is InChI=1S/C16H22N4O2S/c1-3-14(15(21)17-11-13-7-5-4-6-8-13)23-16-19-18-12-20(16)9-10-22-2/h4-8,12,14H,3,9-11H2,1-2H3,(H,17,21). The number of methoxy groups -OCH3 is 1. The second-order valence-electron chi connectivity index (χ2n) is 5.02. The number of benzene rings is 1. The zero-order chi connectivity index (χ0) is 16.5. The minimum Gasteiger partial charge on any atom is -0.383 e. The van der Waals surface area contributed by atoms with Gasteiger partial charge in [-0.1, -0.05) is 49.0 Å². The van der Waals surface area contributed by atoms with E-state index in [1.807, 2.05) is 41.8 Å². The van der Waals surface area contributed by atoms with Gasteiger partial charge < -0.3 is 14.6 Å². The molecule has 1 aromatic carbocycles. The Kier molecular flexibility index (Phi) is 7.09. The summed E-state index contributed by atoms with van der Waals surface area (Å²) < 4.78 is 6.98. The summed E-state index contributed by atoms with van der Waals surface area (Å²) in [5.41, 5.74) is 1.09. The number of ether oxygens (including phenoxy) is 1. The van der Waals surface area contributed by atoms with Gasteiger partial charge in [0.05, 0.1) is 11.9 Å². The van der Waals surface area contributed by atoms with Crippen LogP contribution < -0.4 is 5.32 Å². The number of hydrogen-bond donors (Lipinski definition) is 1. The van der Waals surface area contributed by atoms with E-state index in [0.717, 1.165) is 17.1 Å². The molecule has 124 valence electrons. The summed E-state index contributed by atoms with van der Waals surface area (Å²) in [6, 6.07) is 9.88. The molecule has 1 heterocycles. The molecule has 2 rings (SSSR count). The first-order valence-corrected chi connectivity index (χ1v) is 8.47. The van der Waals surface area contributed by atoms with Crippen LogP contribution in [0.2, 0.25) is 0 Å². The van der Waals surface area contributed by atoms with Crippen LogP contribution >= 0.6 is 11.8 Å². The monoisotopic (exact) mass is 334 g/mol. The molecule has 0 aliphatic carbocycles. The molecule has 1 atom stereocenters. The SMILES string of the molecule is CCC(Sc1nncn1CCOC)C(=O)NCc1ccccc1. The van der Waals surface area contributed by atoms with Gasteiger partial charge in [0.15, 0.2) is 5.16 Å². The van der Waals surface area contributed by atoms with E-state index in [1.54, 1.807) is 13.4 Å². The third kappa shape index (κ3) is 5.37. The zero-order valence-corrected chi connectivity index (χ0v) is 14.3. The third-order valence-corrected chi connectivity index (χ3v) is 4.70. The number of thioether (sulfide) groups is 1. The Morgan fingerprint density at radius 1 is 1.39 bits per heavy atom. The zero-order valence-electron chi connectivity index (χ0n) is 13.4. The fourth-order valence-electron chi connectivity index (χ4n) is 2.03. The molecule has 0 aliphatic heterocycles. The highest BCUT2D eigenvalue weighted by atomic mass is 32.2. The van der Waals surface area contributed by atoms with Crippen LogP contribution in [0, 0.1) is 0 Å². The summed E-state index contributed by atoms with van der Waals surface area (Å²) in [5.74, 6) is 0.0163. The van der Waals surface area contributed by atoms with Crippen LogP contribution in [0.3, 0.4) is 0 Å². The van der Waals surface area contributed by atoms with Gasteiger partial charge >= 0.3 is 0 Å². The van der Waals surface area contributed by atoms with E-state index >= 15 is 0 Å². The van der Waals surface area contributed by atoms with E-state index in [2.05, 4.69) is 15.5 Å². The van der Waals surface area contributed by atoms with Crippen molar-refractivity contribution in [3.8, 4) is 0 Å². The number of aromatic nitrogens is 3. The molecule has 6 nitrogen and oxygen atoms in total. The number of rotatable bonds is 9. The summed E-state index contributed by atoms with van der Waals surface area (Å²) in [5, 5.41) is 11.6. The molecule has 0 saturated heterocycles. The molecule has 0 bridgehead atoms. The van der Waals surface area contributed by atoms with Crippen molar-refractivity contribution in [3.05, 3.63) is 42.2 Å². The van der Waals surface area contributed by atoms with Gasteiger partial charge in [-0.25, -0.2) is 0 Å². The van der Waals surface area contributed by atoms with E-state index in [1.165, 1.54) is 11.8 Å². The topological polar surface area (TPSA) is 69.0 Å². The van der Waals surface area contributed by atoms with Crippen molar-refractivity contribution in [2.45, 2.75) is 36.8 Å². The van der Waals surface area contributed by atoms with Gasteiger partial charge in [0, 0.05) is 20.2 Å². The molecule has 0 radical (unpaired) electrons.